The third-order valence-corrected chi connectivity index (χ3v) is 3.87. The lowest BCUT2D eigenvalue weighted by Crippen LogP contribution is -2.03. The summed E-state index contributed by atoms with van der Waals surface area (Å²) in [6.07, 6.45) is 2.53. The Morgan fingerprint density at radius 3 is 2.60 bits per heavy atom. The molecule has 0 spiro atoms. The van der Waals surface area contributed by atoms with Gasteiger partial charge in [0.25, 0.3) is 0 Å². The van der Waals surface area contributed by atoms with Crippen molar-refractivity contribution in [1.82, 2.24) is 0 Å². The molecule has 0 aliphatic heterocycles. The lowest BCUT2D eigenvalue weighted by Gasteiger charge is -2.07. The molecule has 2 N–H and O–H groups in total. The number of anilines is 1. The van der Waals surface area contributed by atoms with Gasteiger partial charge >= 0.3 is 0 Å². The second-order valence-corrected chi connectivity index (χ2v) is 5.76. The van der Waals surface area contributed by atoms with Gasteiger partial charge in [0.15, 0.2) is 5.78 Å². The van der Waals surface area contributed by atoms with E-state index in [-0.39, 0.29) is 5.78 Å². The zero-order valence-corrected chi connectivity index (χ0v) is 12.4. The summed E-state index contributed by atoms with van der Waals surface area (Å²) in [6.45, 7) is 0. The third kappa shape index (κ3) is 2.85. The summed E-state index contributed by atoms with van der Waals surface area (Å²) < 4.78 is 6.44. The number of nitrogens with two attached hydrogens (primary N) is 1. The molecule has 0 unspecified atom stereocenters. The van der Waals surface area contributed by atoms with E-state index in [4.69, 9.17) is 10.5 Å². The van der Waals surface area contributed by atoms with E-state index in [1.807, 2.05) is 12.1 Å². The smallest absolute Gasteiger partial charge is 0.193 e. The fourth-order valence-electron chi connectivity index (χ4n) is 1.92. The lowest BCUT2D eigenvalue weighted by atomic mass is 10.0. The van der Waals surface area contributed by atoms with Gasteiger partial charge in [0.1, 0.15) is 5.75 Å². The van der Waals surface area contributed by atoms with Crippen LogP contribution in [0.3, 0.4) is 0 Å². The molecule has 3 nitrogen and oxygen atoms in total. The van der Waals surface area contributed by atoms with E-state index in [2.05, 4.69) is 15.9 Å². The molecule has 102 valence electrons. The minimum atomic E-state index is -0.0352. The van der Waals surface area contributed by atoms with Gasteiger partial charge in [-0.05, 0) is 59.1 Å². The first-order chi connectivity index (χ1) is 9.63. The minimum Gasteiger partial charge on any atom is -0.490 e. The maximum Gasteiger partial charge on any atom is 0.193 e. The summed E-state index contributed by atoms with van der Waals surface area (Å²) in [5, 5.41) is 0. The maximum absolute atomic E-state index is 12.4. The summed E-state index contributed by atoms with van der Waals surface area (Å²) >= 11 is 3.34. The van der Waals surface area contributed by atoms with Crippen LogP contribution in [0.2, 0.25) is 0 Å². The Morgan fingerprint density at radius 2 is 1.90 bits per heavy atom. The van der Waals surface area contributed by atoms with Crippen molar-refractivity contribution in [1.29, 1.82) is 0 Å². The molecule has 0 heterocycles. The van der Waals surface area contributed by atoms with Crippen LogP contribution in [0.5, 0.6) is 5.75 Å². The Labute approximate surface area is 125 Å². The van der Waals surface area contributed by atoms with Crippen LogP contribution in [-0.4, -0.2) is 11.9 Å². The topological polar surface area (TPSA) is 52.3 Å². The van der Waals surface area contributed by atoms with Crippen LogP contribution in [-0.2, 0) is 0 Å². The molecule has 0 amide bonds. The maximum atomic E-state index is 12.4. The summed E-state index contributed by atoms with van der Waals surface area (Å²) in [6, 6.07) is 12.5. The Bertz CT molecular complexity index is 665. The molecule has 0 radical (unpaired) electrons. The highest BCUT2D eigenvalue weighted by atomic mass is 79.9. The second-order valence-electron chi connectivity index (χ2n) is 4.91. The molecule has 0 atom stereocenters. The van der Waals surface area contributed by atoms with Gasteiger partial charge in [0, 0.05) is 21.3 Å². The number of halogens is 1. The first kappa shape index (κ1) is 13.2. The highest BCUT2D eigenvalue weighted by molar-refractivity contribution is 9.10. The molecule has 0 bridgehead atoms. The third-order valence-electron chi connectivity index (χ3n) is 3.19. The monoisotopic (exact) mass is 331 g/mol. The molecule has 0 saturated heterocycles. The molecule has 20 heavy (non-hydrogen) atoms. The zero-order valence-electron chi connectivity index (χ0n) is 10.8. The van der Waals surface area contributed by atoms with Crippen molar-refractivity contribution in [3.8, 4) is 5.75 Å². The van der Waals surface area contributed by atoms with Gasteiger partial charge < -0.3 is 10.5 Å². The molecule has 0 aromatic heterocycles. The first-order valence-corrected chi connectivity index (χ1v) is 7.29. The number of ketones is 1. The van der Waals surface area contributed by atoms with Crippen LogP contribution >= 0.6 is 15.9 Å². The van der Waals surface area contributed by atoms with Gasteiger partial charge in [-0.3, -0.25) is 4.79 Å². The van der Waals surface area contributed by atoms with Gasteiger partial charge in [-0.1, -0.05) is 12.1 Å². The van der Waals surface area contributed by atoms with Crippen molar-refractivity contribution in [2.24, 2.45) is 0 Å². The SMILES string of the molecule is Nc1ccc(C(=O)c2cccc(OC3CC3)c2)cc1Br. The quantitative estimate of drug-likeness (QED) is 0.684. The van der Waals surface area contributed by atoms with Crippen molar-refractivity contribution in [3.63, 3.8) is 0 Å². The number of carbonyl (C=O) groups excluding carboxylic acids is 1. The van der Waals surface area contributed by atoms with Crippen LogP contribution < -0.4 is 10.5 Å². The van der Waals surface area contributed by atoms with Crippen molar-refractivity contribution in [2.75, 3.05) is 5.73 Å². The summed E-state index contributed by atoms with van der Waals surface area (Å²) in [5.74, 6) is 0.722. The lowest BCUT2D eigenvalue weighted by molar-refractivity contribution is 0.103. The van der Waals surface area contributed by atoms with Crippen LogP contribution in [0.4, 0.5) is 5.69 Å². The van der Waals surface area contributed by atoms with E-state index >= 15 is 0 Å². The number of ether oxygens (including phenoxy) is 1. The molecule has 3 rings (SSSR count). The fourth-order valence-corrected chi connectivity index (χ4v) is 2.30. The van der Waals surface area contributed by atoms with Gasteiger partial charge in [-0.15, -0.1) is 0 Å². The predicted molar refractivity (Wildman–Crippen MR) is 82.1 cm³/mol. The van der Waals surface area contributed by atoms with E-state index in [1.165, 1.54) is 0 Å². The van der Waals surface area contributed by atoms with E-state index in [1.54, 1.807) is 30.3 Å². The Kier molecular flexibility index (Phi) is 3.49. The van der Waals surface area contributed by atoms with Crippen molar-refractivity contribution < 1.29 is 9.53 Å². The largest absolute Gasteiger partial charge is 0.490 e. The molecule has 4 heteroatoms. The van der Waals surface area contributed by atoms with Gasteiger partial charge in [-0.25, -0.2) is 0 Å². The van der Waals surface area contributed by atoms with Gasteiger partial charge in [-0.2, -0.15) is 0 Å². The number of benzene rings is 2. The molecule has 1 fully saturated rings. The van der Waals surface area contributed by atoms with E-state index in [9.17, 15) is 4.79 Å². The highest BCUT2D eigenvalue weighted by Crippen LogP contribution is 2.28. The summed E-state index contributed by atoms with van der Waals surface area (Å²) in [7, 11) is 0. The number of carbonyl (C=O) groups is 1. The minimum absolute atomic E-state index is 0.0352. The number of nitrogen functional groups attached to an aromatic ring is 1. The normalized spacial score (nSPS) is 14.1. The predicted octanol–water partition coefficient (Wildman–Crippen LogP) is 3.80. The number of hydrogen-bond acceptors (Lipinski definition) is 3. The Hall–Kier alpha value is -1.81. The van der Waals surface area contributed by atoms with E-state index < -0.39 is 0 Å². The van der Waals surface area contributed by atoms with E-state index in [0.717, 1.165) is 23.1 Å². The summed E-state index contributed by atoms with van der Waals surface area (Å²) in [5.41, 5.74) is 7.58. The molecule has 1 aliphatic rings. The summed E-state index contributed by atoms with van der Waals surface area (Å²) in [4.78, 5) is 12.4. The van der Waals surface area contributed by atoms with E-state index in [0.29, 0.717) is 22.9 Å². The van der Waals surface area contributed by atoms with Crippen molar-refractivity contribution >= 4 is 27.4 Å². The molecule has 1 saturated carbocycles. The molecular weight excluding hydrogens is 318 g/mol. The Balaban J connectivity index is 1.86. The van der Waals surface area contributed by atoms with Crippen molar-refractivity contribution in [3.05, 3.63) is 58.1 Å². The average molecular weight is 332 g/mol. The van der Waals surface area contributed by atoms with Crippen LogP contribution in [0, 0.1) is 0 Å². The van der Waals surface area contributed by atoms with Crippen LogP contribution in [0.15, 0.2) is 46.9 Å². The molecule has 2 aromatic rings. The molecule has 1 aliphatic carbocycles. The Morgan fingerprint density at radius 1 is 1.15 bits per heavy atom. The van der Waals surface area contributed by atoms with Gasteiger partial charge in [0.05, 0.1) is 6.10 Å². The first-order valence-electron chi connectivity index (χ1n) is 6.50. The standard InChI is InChI=1S/C16H14BrNO2/c17-14-9-11(4-7-15(14)18)16(19)10-2-1-3-13(8-10)20-12-5-6-12/h1-4,7-9,12H,5-6,18H2. The molecule has 2 aromatic carbocycles. The average Bonchev–Trinajstić information content (AvgIpc) is 3.25. The van der Waals surface area contributed by atoms with Crippen LogP contribution in [0.25, 0.3) is 0 Å². The number of hydrogen-bond donors (Lipinski definition) is 1. The molecular formula is C16H14BrNO2. The number of rotatable bonds is 4. The fraction of sp³-hybridized carbons (Fsp3) is 0.188. The zero-order chi connectivity index (χ0) is 14.1. The highest BCUT2D eigenvalue weighted by Gasteiger charge is 2.23. The van der Waals surface area contributed by atoms with Crippen LogP contribution in [0.1, 0.15) is 28.8 Å². The van der Waals surface area contributed by atoms with Crippen molar-refractivity contribution in [2.45, 2.75) is 18.9 Å². The van der Waals surface area contributed by atoms with Gasteiger partial charge in [0.2, 0.25) is 0 Å². The second kappa shape index (κ2) is 5.29.